The van der Waals surface area contributed by atoms with Crippen LogP contribution < -0.4 is 5.32 Å². The van der Waals surface area contributed by atoms with Crippen molar-refractivity contribution >= 4 is 34.1 Å². The van der Waals surface area contributed by atoms with Crippen molar-refractivity contribution in [2.24, 2.45) is 0 Å². The van der Waals surface area contributed by atoms with Gasteiger partial charge in [-0.1, -0.05) is 35.9 Å². The summed E-state index contributed by atoms with van der Waals surface area (Å²) in [5.41, 5.74) is 4.84. The third-order valence-electron chi connectivity index (χ3n) is 3.71. The predicted molar refractivity (Wildman–Crippen MR) is 90.5 cm³/mol. The quantitative estimate of drug-likeness (QED) is 0.602. The van der Waals surface area contributed by atoms with Crippen LogP contribution in [0.15, 0.2) is 54.7 Å². The van der Waals surface area contributed by atoms with Crippen LogP contribution in [0.1, 0.15) is 0 Å². The second kappa shape index (κ2) is 5.00. The first-order valence-corrected chi connectivity index (χ1v) is 7.35. The van der Waals surface area contributed by atoms with E-state index in [1.165, 1.54) is 0 Å². The standard InChI is InChI=1S/C17H13ClN4/c1-19-16-17-20-10-15(11-6-8-12(18)9-7-11)22(17)14-5-3-2-4-13(14)21-16/h2-10H,1H3,(H,19,21). The highest BCUT2D eigenvalue weighted by atomic mass is 35.5. The average Bonchev–Trinajstić information content (AvgIpc) is 3.00. The predicted octanol–water partition coefficient (Wildman–Crippen LogP) is 4.24. The van der Waals surface area contributed by atoms with Gasteiger partial charge in [-0.3, -0.25) is 4.40 Å². The van der Waals surface area contributed by atoms with Crippen molar-refractivity contribution in [3.63, 3.8) is 0 Å². The molecule has 0 saturated carbocycles. The van der Waals surface area contributed by atoms with E-state index < -0.39 is 0 Å². The minimum absolute atomic E-state index is 0.722. The summed E-state index contributed by atoms with van der Waals surface area (Å²) in [5, 5.41) is 3.84. The molecule has 22 heavy (non-hydrogen) atoms. The van der Waals surface area contributed by atoms with E-state index in [1.807, 2.05) is 55.7 Å². The molecule has 0 aliphatic heterocycles. The van der Waals surface area contributed by atoms with E-state index in [0.29, 0.717) is 0 Å². The number of aromatic nitrogens is 3. The number of halogens is 1. The van der Waals surface area contributed by atoms with Crippen LogP contribution in [-0.4, -0.2) is 21.4 Å². The fourth-order valence-corrected chi connectivity index (χ4v) is 2.80. The van der Waals surface area contributed by atoms with Crippen molar-refractivity contribution in [1.29, 1.82) is 0 Å². The van der Waals surface area contributed by atoms with Gasteiger partial charge in [0.25, 0.3) is 0 Å². The Labute approximate surface area is 132 Å². The van der Waals surface area contributed by atoms with Crippen molar-refractivity contribution in [2.75, 3.05) is 12.4 Å². The van der Waals surface area contributed by atoms with Crippen molar-refractivity contribution < 1.29 is 0 Å². The number of hydrogen-bond donors (Lipinski definition) is 1. The molecular formula is C17H13ClN4. The molecule has 0 amide bonds. The molecule has 0 atom stereocenters. The zero-order valence-corrected chi connectivity index (χ0v) is 12.7. The van der Waals surface area contributed by atoms with Gasteiger partial charge in [-0.05, 0) is 24.3 Å². The molecule has 0 saturated heterocycles. The fraction of sp³-hybridized carbons (Fsp3) is 0.0588. The highest BCUT2D eigenvalue weighted by molar-refractivity contribution is 6.30. The maximum absolute atomic E-state index is 5.99. The molecule has 0 spiro atoms. The second-order valence-electron chi connectivity index (χ2n) is 5.01. The maximum atomic E-state index is 5.99. The number of benzene rings is 2. The van der Waals surface area contributed by atoms with Crippen LogP contribution in [0.3, 0.4) is 0 Å². The summed E-state index contributed by atoms with van der Waals surface area (Å²) >= 11 is 5.99. The minimum atomic E-state index is 0.722. The topological polar surface area (TPSA) is 42.2 Å². The first-order valence-electron chi connectivity index (χ1n) is 6.98. The van der Waals surface area contributed by atoms with Gasteiger partial charge >= 0.3 is 0 Å². The van der Waals surface area contributed by atoms with Crippen LogP contribution in [0.25, 0.3) is 27.9 Å². The molecule has 1 N–H and O–H groups in total. The fourth-order valence-electron chi connectivity index (χ4n) is 2.67. The molecule has 0 radical (unpaired) electrons. The van der Waals surface area contributed by atoms with Crippen molar-refractivity contribution in [2.45, 2.75) is 0 Å². The van der Waals surface area contributed by atoms with Gasteiger partial charge in [0, 0.05) is 17.6 Å². The van der Waals surface area contributed by atoms with Crippen molar-refractivity contribution in [1.82, 2.24) is 14.4 Å². The normalized spacial score (nSPS) is 11.2. The molecule has 0 fully saturated rings. The molecule has 4 aromatic rings. The summed E-state index contributed by atoms with van der Waals surface area (Å²) in [5.74, 6) is 0.763. The van der Waals surface area contributed by atoms with Gasteiger partial charge in [-0.25, -0.2) is 9.97 Å². The minimum Gasteiger partial charge on any atom is -0.370 e. The lowest BCUT2D eigenvalue weighted by Crippen LogP contribution is -2.00. The van der Waals surface area contributed by atoms with E-state index in [9.17, 15) is 0 Å². The van der Waals surface area contributed by atoms with E-state index in [-0.39, 0.29) is 0 Å². The molecule has 2 aromatic carbocycles. The number of rotatable bonds is 2. The first-order chi connectivity index (χ1) is 10.8. The number of anilines is 1. The summed E-state index contributed by atoms with van der Waals surface area (Å²) in [6.07, 6.45) is 1.87. The van der Waals surface area contributed by atoms with Crippen LogP contribution in [0, 0.1) is 0 Å². The monoisotopic (exact) mass is 308 g/mol. The number of para-hydroxylation sites is 2. The smallest absolute Gasteiger partial charge is 0.181 e. The van der Waals surface area contributed by atoms with Crippen LogP contribution in [0.2, 0.25) is 5.02 Å². The van der Waals surface area contributed by atoms with Crippen molar-refractivity contribution in [3.05, 3.63) is 59.8 Å². The molecule has 2 aromatic heterocycles. The largest absolute Gasteiger partial charge is 0.370 e. The van der Waals surface area contributed by atoms with Gasteiger partial charge in [0.1, 0.15) is 0 Å². The maximum Gasteiger partial charge on any atom is 0.181 e. The molecule has 0 bridgehead atoms. The SMILES string of the molecule is CNc1nc2ccccc2n2c(-c3ccc(Cl)cc3)cnc12. The summed E-state index contributed by atoms with van der Waals surface area (Å²) in [7, 11) is 1.85. The molecule has 108 valence electrons. The van der Waals surface area contributed by atoms with Crippen LogP contribution in [0.5, 0.6) is 0 Å². The van der Waals surface area contributed by atoms with Crippen molar-refractivity contribution in [3.8, 4) is 11.3 Å². The van der Waals surface area contributed by atoms with E-state index in [1.54, 1.807) is 0 Å². The highest BCUT2D eigenvalue weighted by Crippen LogP contribution is 2.28. The van der Waals surface area contributed by atoms with Gasteiger partial charge in [-0.15, -0.1) is 0 Å². The first kappa shape index (κ1) is 13.1. The molecule has 4 nitrogen and oxygen atoms in total. The number of hydrogen-bond acceptors (Lipinski definition) is 3. The number of imidazole rings is 1. The Hall–Kier alpha value is -2.59. The van der Waals surface area contributed by atoms with Crippen LogP contribution in [0.4, 0.5) is 5.82 Å². The molecule has 4 rings (SSSR count). The Bertz CT molecular complexity index is 973. The van der Waals surface area contributed by atoms with Gasteiger partial charge in [0.2, 0.25) is 0 Å². The molecule has 2 heterocycles. The van der Waals surface area contributed by atoms with Gasteiger partial charge in [0.05, 0.1) is 22.9 Å². The lowest BCUT2D eigenvalue weighted by atomic mass is 10.1. The zero-order chi connectivity index (χ0) is 15.1. The van der Waals surface area contributed by atoms with Crippen LogP contribution in [-0.2, 0) is 0 Å². The number of nitrogens with zero attached hydrogens (tertiary/aromatic N) is 3. The number of nitrogens with one attached hydrogen (secondary N) is 1. The third kappa shape index (κ3) is 1.92. The molecule has 0 unspecified atom stereocenters. The summed E-state index contributed by atoms with van der Waals surface area (Å²) in [4.78, 5) is 9.17. The highest BCUT2D eigenvalue weighted by Gasteiger charge is 2.13. The third-order valence-corrected chi connectivity index (χ3v) is 3.96. The molecule has 0 aliphatic rings. The van der Waals surface area contributed by atoms with Crippen LogP contribution >= 0.6 is 11.6 Å². The lowest BCUT2D eigenvalue weighted by Gasteiger charge is -2.09. The van der Waals surface area contributed by atoms with Gasteiger partial charge in [0.15, 0.2) is 11.5 Å². The van der Waals surface area contributed by atoms with Gasteiger partial charge < -0.3 is 5.32 Å². The Balaban J connectivity index is 2.12. The van der Waals surface area contributed by atoms with E-state index in [4.69, 9.17) is 11.6 Å². The molecule has 0 aliphatic carbocycles. The Morgan fingerprint density at radius 2 is 1.82 bits per heavy atom. The zero-order valence-electron chi connectivity index (χ0n) is 11.9. The molecule has 5 heteroatoms. The number of fused-ring (bicyclic) bond motifs is 3. The Morgan fingerprint density at radius 3 is 2.59 bits per heavy atom. The Kier molecular flexibility index (Phi) is 2.98. The molecular weight excluding hydrogens is 296 g/mol. The summed E-state index contributed by atoms with van der Waals surface area (Å²) < 4.78 is 2.12. The average molecular weight is 309 g/mol. The summed E-state index contributed by atoms with van der Waals surface area (Å²) in [6.45, 7) is 0. The Morgan fingerprint density at radius 1 is 1.05 bits per heavy atom. The van der Waals surface area contributed by atoms with E-state index in [0.717, 1.165) is 38.8 Å². The van der Waals surface area contributed by atoms with E-state index in [2.05, 4.69) is 25.8 Å². The van der Waals surface area contributed by atoms with E-state index >= 15 is 0 Å². The van der Waals surface area contributed by atoms with Gasteiger partial charge in [-0.2, -0.15) is 0 Å². The lowest BCUT2D eigenvalue weighted by molar-refractivity contribution is 1.20. The second-order valence-corrected chi connectivity index (χ2v) is 5.44. The summed E-state index contributed by atoms with van der Waals surface area (Å²) in [6, 6.07) is 15.8.